The van der Waals surface area contributed by atoms with Crippen LogP contribution >= 0.6 is 0 Å². The number of hydrogen-bond acceptors (Lipinski definition) is 1. The highest BCUT2D eigenvalue weighted by molar-refractivity contribution is 5.02. The smallest absolute Gasteiger partial charge is 0.0433 e. The van der Waals surface area contributed by atoms with Gasteiger partial charge in [0, 0.05) is 6.61 Å². The predicted octanol–water partition coefficient (Wildman–Crippen LogP) is 6.57. The van der Waals surface area contributed by atoms with Crippen molar-refractivity contribution in [1.82, 2.24) is 0 Å². The molecule has 0 bridgehead atoms. The highest BCUT2D eigenvalue weighted by atomic mass is 16.2. The maximum absolute atomic E-state index is 8.64. The predicted molar refractivity (Wildman–Crippen MR) is 95.7 cm³/mol. The van der Waals surface area contributed by atoms with E-state index in [0.29, 0.717) is 6.61 Å². The summed E-state index contributed by atoms with van der Waals surface area (Å²) >= 11 is 0. The van der Waals surface area contributed by atoms with Crippen molar-refractivity contribution in [1.29, 1.82) is 0 Å². The van der Waals surface area contributed by atoms with Gasteiger partial charge in [0.25, 0.3) is 0 Å². The molecular weight excluding hydrogens is 256 g/mol. The first kappa shape index (κ1) is 20.4. The number of allylic oxidation sites excluding steroid dienone is 4. The van der Waals surface area contributed by atoms with E-state index in [9.17, 15) is 0 Å². The molecule has 0 unspecified atom stereocenters. The van der Waals surface area contributed by atoms with Gasteiger partial charge < -0.3 is 5.11 Å². The minimum Gasteiger partial charge on any atom is -0.396 e. The summed E-state index contributed by atoms with van der Waals surface area (Å²) in [6.45, 7) is 2.58. The zero-order valence-corrected chi connectivity index (χ0v) is 14.4. The topological polar surface area (TPSA) is 20.2 Å². The van der Waals surface area contributed by atoms with Crippen molar-refractivity contribution in [3.8, 4) is 0 Å². The Kier molecular flexibility index (Phi) is 18.9. The third kappa shape index (κ3) is 19.4. The van der Waals surface area contributed by atoms with Crippen molar-refractivity contribution in [3.63, 3.8) is 0 Å². The minimum atomic E-state index is 0.298. The Bertz CT molecular complexity index is 230. The summed E-state index contributed by atoms with van der Waals surface area (Å²) in [6, 6.07) is 0. The fourth-order valence-corrected chi connectivity index (χ4v) is 2.49. The molecule has 21 heavy (non-hydrogen) atoms. The highest BCUT2D eigenvalue weighted by Crippen LogP contribution is 2.11. The van der Waals surface area contributed by atoms with Crippen LogP contribution in [0.1, 0.15) is 96.8 Å². The SMILES string of the molecule is CCCCCCCCCCCCC/C=C/C=C/CCCO. The molecule has 0 aliphatic rings. The summed E-state index contributed by atoms with van der Waals surface area (Å²) in [5, 5.41) is 8.64. The Morgan fingerprint density at radius 3 is 1.48 bits per heavy atom. The van der Waals surface area contributed by atoms with E-state index >= 15 is 0 Å². The first-order valence-corrected chi connectivity index (χ1v) is 9.34. The molecule has 0 radical (unpaired) electrons. The van der Waals surface area contributed by atoms with Gasteiger partial charge in [-0.1, -0.05) is 95.4 Å². The Hall–Kier alpha value is -0.560. The molecule has 0 aromatic heterocycles. The lowest BCUT2D eigenvalue weighted by Crippen LogP contribution is -1.81. The van der Waals surface area contributed by atoms with Crippen LogP contribution in [0.15, 0.2) is 24.3 Å². The monoisotopic (exact) mass is 294 g/mol. The molecule has 124 valence electrons. The second-order valence-electron chi connectivity index (χ2n) is 6.05. The number of unbranched alkanes of at least 4 members (excludes halogenated alkanes) is 12. The standard InChI is InChI=1S/C20H38O/c1-2-3-4-5-6-7-8-9-10-11-12-13-14-15-16-17-18-19-20-21/h14-17,21H,2-13,18-20H2,1H3/b15-14+,17-16+. The summed E-state index contributed by atoms with van der Waals surface area (Å²) in [5.74, 6) is 0. The molecule has 0 aromatic carbocycles. The number of hydrogen-bond donors (Lipinski definition) is 1. The molecule has 0 heterocycles. The molecular formula is C20H38O. The fraction of sp³-hybridized carbons (Fsp3) is 0.800. The molecule has 0 saturated carbocycles. The molecule has 0 amide bonds. The van der Waals surface area contributed by atoms with Gasteiger partial charge in [-0.2, -0.15) is 0 Å². The van der Waals surface area contributed by atoms with Crippen molar-refractivity contribution < 1.29 is 5.11 Å². The lowest BCUT2D eigenvalue weighted by atomic mass is 10.1. The quantitative estimate of drug-likeness (QED) is 0.252. The van der Waals surface area contributed by atoms with Crippen LogP contribution in [0.4, 0.5) is 0 Å². The van der Waals surface area contributed by atoms with Crippen LogP contribution in [-0.4, -0.2) is 11.7 Å². The van der Waals surface area contributed by atoms with Gasteiger partial charge in [0.15, 0.2) is 0 Å². The van der Waals surface area contributed by atoms with Crippen LogP contribution in [0.2, 0.25) is 0 Å². The van der Waals surface area contributed by atoms with Crippen LogP contribution in [0.3, 0.4) is 0 Å². The second-order valence-corrected chi connectivity index (χ2v) is 6.05. The summed E-state index contributed by atoms with van der Waals surface area (Å²) in [5.41, 5.74) is 0. The average molecular weight is 295 g/mol. The Morgan fingerprint density at radius 1 is 0.571 bits per heavy atom. The van der Waals surface area contributed by atoms with Crippen molar-refractivity contribution in [2.45, 2.75) is 96.8 Å². The van der Waals surface area contributed by atoms with E-state index < -0.39 is 0 Å². The second kappa shape index (κ2) is 19.4. The molecule has 1 N–H and O–H groups in total. The van der Waals surface area contributed by atoms with Crippen LogP contribution < -0.4 is 0 Å². The van der Waals surface area contributed by atoms with Crippen molar-refractivity contribution in [3.05, 3.63) is 24.3 Å². The molecule has 0 rings (SSSR count). The molecule has 1 nitrogen and oxygen atoms in total. The van der Waals surface area contributed by atoms with Gasteiger partial charge in [-0.25, -0.2) is 0 Å². The summed E-state index contributed by atoms with van der Waals surface area (Å²) in [6.07, 6.45) is 27.3. The highest BCUT2D eigenvalue weighted by Gasteiger charge is 1.92. The van der Waals surface area contributed by atoms with Gasteiger partial charge in [-0.15, -0.1) is 0 Å². The Morgan fingerprint density at radius 2 is 1.00 bits per heavy atom. The van der Waals surface area contributed by atoms with Crippen molar-refractivity contribution in [2.24, 2.45) is 0 Å². The zero-order chi connectivity index (χ0) is 15.4. The van der Waals surface area contributed by atoms with Gasteiger partial charge in [-0.3, -0.25) is 0 Å². The van der Waals surface area contributed by atoms with Gasteiger partial charge >= 0.3 is 0 Å². The van der Waals surface area contributed by atoms with E-state index in [1.807, 2.05) is 0 Å². The van der Waals surface area contributed by atoms with Crippen LogP contribution in [0.5, 0.6) is 0 Å². The van der Waals surface area contributed by atoms with Crippen LogP contribution in [0.25, 0.3) is 0 Å². The maximum atomic E-state index is 8.64. The van der Waals surface area contributed by atoms with Gasteiger partial charge in [0.05, 0.1) is 0 Å². The Labute approximate surface area is 133 Å². The van der Waals surface area contributed by atoms with Gasteiger partial charge in [0.1, 0.15) is 0 Å². The van der Waals surface area contributed by atoms with Crippen molar-refractivity contribution in [2.75, 3.05) is 6.61 Å². The maximum Gasteiger partial charge on any atom is 0.0433 e. The Balaban J connectivity index is 3.08. The van der Waals surface area contributed by atoms with E-state index in [1.165, 1.54) is 77.0 Å². The largest absolute Gasteiger partial charge is 0.396 e. The van der Waals surface area contributed by atoms with E-state index in [1.54, 1.807) is 0 Å². The minimum absolute atomic E-state index is 0.298. The lowest BCUT2D eigenvalue weighted by Gasteiger charge is -2.01. The molecule has 0 aromatic rings. The van der Waals surface area contributed by atoms with Gasteiger partial charge in [-0.05, 0) is 25.7 Å². The number of aliphatic hydroxyl groups is 1. The third-order valence-electron chi connectivity index (χ3n) is 3.89. The van der Waals surface area contributed by atoms with E-state index in [4.69, 9.17) is 5.11 Å². The van der Waals surface area contributed by atoms with Gasteiger partial charge in [0.2, 0.25) is 0 Å². The van der Waals surface area contributed by atoms with Crippen molar-refractivity contribution >= 4 is 0 Å². The number of aliphatic hydroxyl groups excluding tert-OH is 1. The zero-order valence-electron chi connectivity index (χ0n) is 14.4. The molecule has 0 spiro atoms. The molecule has 0 saturated heterocycles. The summed E-state index contributed by atoms with van der Waals surface area (Å²) in [7, 11) is 0. The molecule has 0 atom stereocenters. The van der Waals surface area contributed by atoms with Crippen LogP contribution in [-0.2, 0) is 0 Å². The fourth-order valence-electron chi connectivity index (χ4n) is 2.49. The molecule has 0 aliphatic carbocycles. The first-order chi connectivity index (χ1) is 10.4. The number of rotatable bonds is 16. The molecule has 0 fully saturated rings. The summed E-state index contributed by atoms with van der Waals surface area (Å²) < 4.78 is 0. The molecule has 1 heteroatoms. The normalized spacial score (nSPS) is 11.9. The van der Waals surface area contributed by atoms with Crippen LogP contribution in [0, 0.1) is 0 Å². The first-order valence-electron chi connectivity index (χ1n) is 9.34. The average Bonchev–Trinajstić information content (AvgIpc) is 2.50. The third-order valence-corrected chi connectivity index (χ3v) is 3.89. The van der Waals surface area contributed by atoms with E-state index in [0.717, 1.165) is 12.8 Å². The lowest BCUT2D eigenvalue weighted by molar-refractivity contribution is 0.289. The van der Waals surface area contributed by atoms with E-state index in [2.05, 4.69) is 31.2 Å². The van der Waals surface area contributed by atoms with E-state index in [-0.39, 0.29) is 0 Å². The summed E-state index contributed by atoms with van der Waals surface area (Å²) in [4.78, 5) is 0. The molecule has 0 aliphatic heterocycles.